The van der Waals surface area contributed by atoms with Crippen molar-refractivity contribution in [2.24, 2.45) is 11.8 Å². The van der Waals surface area contributed by atoms with Crippen molar-refractivity contribution in [2.75, 3.05) is 19.6 Å². The molecule has 23 heteroatoms. The van der Waals surface area contributed by atoms with E-state index in [0.717, 1.165) is 0 Å². The zero-order valence-electron chi connectivity index (χ0n) is 34.9. The second-order valence-electron chi connectivity index (χ2n) is 16.0. The first-order valence-corrected chi connectivity index (χ1v) is 21.3. The molecule has 3 fully saturated rings. The van der Waals surface area contributed by atoms with Crippen molar-refractivity contribution in [1.29, 1.82) is 0 Å². The molecule has 7 rings (SSSR count). The van der Waals surface area contributed by atoms with Gasteiger partial charge in [-0.15, -0.1) is 11.8 Å². The van der Waals surface area contributed by atoms with E-state index >= 15 is 0 Å². The van der Waals surface area contributed by atoms with Crippen molar-refractivity contribution in [2.45, 2.75) is 76.0 Å². The fraction of sp³-hybridized carbons (Fsp3) is 0.405. The highest BCUT2D eigenvalue weighted by atomic mass is 32.2. The number of nitrogens with zero attached hydrogens (tertiary/aromatic N) is 6. The van der Waals surface area contributed by atoms with E-state index in [2.05, 4.69) is 5.32 Å². The van der Waals surface area contributed by atoms with E-state index in [1.54, 1.807) is 6.92 Å². The molecule has 0 spiro atoms. The highest BCUT2D eigenvalue weighted by Gasteiger charge is 2.60. The van der Waals surface area contributed by atoms with Crippen LogP contribution < -0.4 is 5.32 Å². The number of benzene rings is 3. The van der Waals surface area contributed by atoms with Crippen LogP contribution in [0.25, 0.3) is 0 Å². The average molecular weight is 918 g/mol. The lowest BCUT2D eigenvalue weighted by Gasteiger charge is -2.46. The summed E-state index contributed by atoms with van der Waals surface area (Å²) in [5.41, 5.74) is 0.984. The Morgan fingerprint density at radius 2 is 1.28 bits per heavy atom. The van der Waals surface area contributed by atoms with Crippen molar-refractivity contribution in [3.8, 4) is 0 Å². The number of nitro groups is 3. The fourth-order valence-electron chi connectivity index (χ4n) is 8.35. The fourth-order valence-corrected chi connectivity index (χ4v) is 9.87. The number of hydrogen-bond acceptors (Lipinski definition) is 16. The molecule has 3 aromatic rings. The third-order valence-corrected chi connectivity index (χ3v) is 13.2. The summed E-state index contributed by atoms with van der Waals surface area (Å²) >= 11 is 1.20. The monoisotopic (exact) mass is 917 g/mol. The first-order chi connectivity index (χ1) is 31.0. The summed E-state index contributed by atoms with van der Waals surface area (Å²) in [5.74, 6) is -3.15. The number of carbonyl (C=O) groups is 5. The number of likely N-dealkylation sites (tertiary alicyclic amines) is 2. The first-order valence-electron chi connectivity index (χ1n) is 20.4. The van der Waals surface area contributed by atoms with Gasteiger partial charge >= 0.3 is 18.2 Å². The zero-order valence-corrected chi connectivity index (χ0v) is 35.7. The van der Waals surface area contributed by atoms with Crippen LogP contribution in [0.3, 0.4) is 0 Å². The van der Waals surface area contributed by atoms with Gasteiger partial charge in [-0.05, 0) is 72.9 Å². The number of thioether (sulfide) groups is 1. The van der Waals surface area contributed by atoms with E-state index in [4.69, 9.17) is 14.2 Å². The molecule has 3 aromatic carbocycles. The third kappa shape index (κ3) is 9.99. The molecular formula is C42H43N7O15S. The maximum absolute atomic E-state index is 14.1. The number of aliphatic hydroxyl groups is 1. The quantitative estimate of drug-likeness (QED) is 0.0694. The van der Waals surface area contributed by atoms with Gasteiger partial charge in [0, 0.05) is 78.1 Å². The van der Waals surface area contributed by atoms with Crippen LogP contribution in [0, 0.1) is 42.2 Å². The molecule has 65 heavy (non-hydrogen) atoms. The molecular weight excluding hydrogens is 875 g/mol. The Hall–Kier alpha value is -7.14. The van der Waals surface area contributed by atoms with Gasteiger partial charge in [0.2, 0.25) is 11.8 Å². The highest BCUT2D eigenvalue weighted by Crippen LogP contribution is 2.52. The smallest absolute Gasteiger partial charge is 0.410 e. The topological polar surface area (TPSA) is 284 Å². The number of nitro benzene ring substituents is 3. The summed E-state index contributed by atoms with van der Waals surface area (Å²) in [7, 11) is 0. The number of carbonyl (C=O) groups excluding carboxylic acids is 5. The van der Waals surface area contributed by atoms with Crippen LogP contribution in [0.4, 0.5) is 26.7 Å². The Morgan fingerprint density at radius 3 is 1.77 bits per heavy atom. The molecule has 4 amide bonds. The molecule has 0 radical (unpaired) electrons. The number of β-lactam (4-membered cyclic amide) rings is 1. The van der Waals surface area contributed by atoms with Gasteiger partial charge in [0.1, 0.15) is 31.6 Å². The van der Waals surface area contributed by atoms with Crippen LogP contribution >= 0.6 is 11.8 Å². The van der Waals surface area contributed by atoms with Gasteiger partial charge in [0.15, 0.2) is 0 Å². The van der Waals surface area contributed by atoms with Crippen LogP contribution in [0.2, 0.25) is 0 Å². The van der Waals surface area contributed by atoms with E-state index in [9.17, 15) is 59.4 Å². The summed E-state index contributed by atoms with van der Waals surface area (Å²) in [5, 5.41) is 46.1. The van der Waals surface area contributed by atoms with Crippen LogP contribution in [0.1, 0.15) is 43.4 Å². The van der Waals surface area contributed by atoms with E-state index in [0.29, 0.717) is 28.0 Å². The number of esters is 1. The normalized spacial score (nSPS) is 22.8. The van der Waals surface area contributed by atoms with Crippen LogP contribution in [0.15, 0.2) is 83.4 Å². The van der Waals surface area contributed by atoms with Crippen molar-refractivity contribution in [3.05, 3.63) is 130 Å². The number of non-ortho nitro benzene ring substituents is 3. The summed E-state index contributed by atoms with van der Waals surface area (Å²) in [6.07, 6.45) is -2.12. The molecule has 0 aromatic heterocycles. The lowest BCUT2D eigenvalue weighted by molar-refractivity contribution is -0.385. The minimum Gasteiger partial charge on any atom is -0.456 e. The maximum Gasteiger partial charge on any atom is 0.410 e. The van der Waals surface area contributed by atoms with Crippen LogP contribution in [-0.4, -0.2) is 114 Å². The summed E-state index contributed by atoms with van der Waals surface area (Å²) in [6, 6.07) is 14.1. The van der Waals surface area contributed by atoms with Gasteiger partial charge in [0.25, 0.3) is 17.1 Å². The van der Waals surface area contributed by atoms with Crippen molar-refractivity contribution in [1.82, 2.24) is 20.0 Å². The van der Waals surface area contributed by atoms with E-state index in [1.165, 1.54) is 106 Å². The average Bonchev–Trinajstić information content (AvgIpc) is 3.99. The number of ether oxygens (including phenoxy) is 3. The number of amides is 4. The lowest BCUT2D eigenvalue weighted by Crippen LogP contribution is -2.63. The number of rotatable bonds is 15. The Labute approximate surface area is 373 Å². The van der Waals surface area contributed by atoms with Gasteiger partial charge in [-0.3, -0.25) is 44.8 Å². The van der Waals surface area contributed by atoms with Crippen molar-refractivity contribution in [3.63, 3.8) is 0 Å². The van der Waals surface area contributed by atoms with Crippen LogP contribution in [-0.2, 0) is 48.4 Å². The Balaban J connectivity index is 1.06. The third-order valence-electron chi connectivity index (χ3n) is 11.7. The van der Waals surface area contributed by atoms with Gasteiger partial charge in [-0.25, -0.2) is 14.4 Å². The largest absolute Gasteiger partial charge is 0.456 e. The highest BCUT2D eigenvalue weighted by molar-refractivity contribution is 8.03. The zero-order chi connectivity index (χ0) is 46.7. The van der Waals surface area contributed by atoms with Gasteiger partial charge in [-0.2, -0.15) is 0 Å². The molecule has 342 valence electrons. The van der Waals surface area contributed by atoms with Gasteiger partial charge in [0.05, 0.1) is 32.8 Å². The van der Waals surface area contributed by atoms with Gasteiger partial charge in [-0.1, -0.05) is 6.92 Å². The predicted molar refractivity (Wildman–Crippen MR) is 226 cm³/mol. The lowest BCUT2D eigenvalue weighted by atomic mass is 9.79. The van der Waals surface area contributed by atoms with Crippen molar-refractivity contribution < 1.29 is 58.1 Å². The van der Waals surface area contributed by atoms with Gasteiger partial charge < -0.3 is 34.4 Å². The number of fused-ring (bicyclic) bond motifs is 1. The summed E-state index contributed by atoms with van der Waals surface area (Å²) in [4.78, 5) is 104. The Bertz CT molecular complexity index is 2420. The number of hydrogen-bond donors (Lipinski definition) is 2. The molecule has 7 atom stereocenters. The molecule has 22 nitrogen and oxygen atoms in total. The van der Waals surface area contributed by atoms with E-state index < -0.39 is 86.1 Å². The molecule has 4 aliphatic rings. The number of aliphatic hydroxyl groups excluding tert-OH is 1. The molecule has 0 unspecified atom stereocenters. The molecule has 2 N–H and O–H groups in total. The molecule has 0 aliphatic carbocycles. The van der Waals surface area contributed by atoms with Crippen molar-refractivity contribution >= 4 is 58.8 Å². The number of nitrogens with one attached hydrogen (secondary N) is 1. The Morgan fingerprint density at radius 1 is 0.785 bits per heavy atom. The molecule has 4 aliphatic heterocycles. The molecule has 3 saturated heterocycles. The second kappa shape index (κ2) is 19.3. The molecule has 0 saturated carbocycles. The van der Waals surface area contributed by atoms with Crippen LogP contribution in [0.5, 0.6) is 0 Å². The summed E-state index contributed by atoms with van der Waals surface area (Å²) < 4.78 is 16.6. The Kier molecular flexibility index (Phi) is 13.6. The molecule has 0 bridgehead atoms. The maximum atomic E-state index is 14.1. The van der Waals surface area contributed by atoms with E-state index in [-0.39, 0.29) is 68.6 Å². The minimum atomic E-state index is -1.10. The standard InChI is InChI=1S/C42H43N7O15S/c1-23-35-34(24(2)50)39(52)46(35)36(40(53)62-20-25-3-9-29(10-4-25)47(56)57)37(23)65-32-17-33(45(19-32)42(55)64-22-27-7-13-31(14-8-27)49(60)61)38(51)43-28-15-16-44(18-28)41(54)63-21-26-5-11-30(12-6-26)48(58)59/h3-14,23-24,28,32-35,50H,15-22H2,1-2H3,(H,43,51)/t23-,24-,28-,32+,33+,34-,35-/m1/s1. The second-order valence-corrected chi connectivity index (χ2v) is 17.3. The first kappa shape index (κ1) is 45.9. The SMILES string of the molecule is C[C@@H](O)[C@H]1C(=O)N2C(C(=O)OCc3ccc([N+](=O)[O-])cc3)=C(S[C@H]3C[C@@H](C(=O)N[C@@H]4CCN(C(=O)OCc5ccc([N+](=O)[O-])cc5)C4)N(C(=O)OCc4ccc([N+](=O)[O-])cc4)C3)[C@H](C)[C@H]12. The summed E-state index contributed by atoms with van der Waals surface area (Å²) in [6.45, 7) is 2.89. The predicted octanol–water partition coefficient (Wildman–Crippen LogP) is 4.56. The molecule has 4 heterocycles. The minimum absolute atomic E-state index is 0.0389. The van der Waals surface area contributed by atoms with E-state index in [1.807, 2.05) is 0 Å².